The Morgan fingerprint density at radius 1 is 1.11 bits per heavy atom. The smallest absolute Gasteiger partial charge is 0.242 e. The summed E-state index contributed by atoms with van der Waals surface area (Å²) in [7, 11) is 3.77. The minimum atomic E-state index is -0.213. The molecule has 2 aliphatic rings. The van der Waals surface area contributed by atoms with Crippen LogP contribution in [-0.2, 0) is 4.79 Å². The van der Waals surface area contributed by atoms with Crippen LogP contribution in [0.25, 0.3) is 0 Å². The lowest BCUT2D eigenvalue weighted by Crippen LogP contribution is -2.63. The Labute approximate surface area is 116 Å². The molecule has 0 radical (unpaired) electrons. The van der Waals surface area contributed by atoms with E-state index in [1.54, 1.807) is 4.90 Å². The van der Waals surface area contributed by atoms with Crippen LogP contribution in [0.15, 0.2) is 0 Å². The van der Waals surface area contributed by atoms with Gasteiger partial charge in [-0.15, -0.1) is 12.4 Å². The van der Waals surface area contributed by atoms with E-state index < -0.39 is 0 Å². The van der Waals surface area contributed by atoms with Gasteiger partial charge in [0.05, 0.1) is 0 Å². The van der Waals surface area contributed by atoms with Crippen LogP contribution in [0.3, 0.4) is 0 Å². The highest BCUT2D eigenvalue weighted by molar-refractivity contribution is 5.86. The Kier molecular flexibility index (Phi) is 5.89. The molecule has 2 fully saturated rings. The number of halogens is 1. The molecule has 106 valence electrons. The number of likely N-dealkylation sites (tertiary alicyclic amines) is 1. The van der Waals surface area contributed by atoms with E-state index in [1.807, 2.05) is 14.1 Å². The van der Waals surface area contributed by atoms with E-state index in [-0.39, 0.29) is 17.9 Å². The molecule has 0 atom stereocenters. The summed E-state index contributed by atoms with van der Waals surface area (Å²) in [6, 6.07) is 0. The van der Waals surface area contributed by atoms with E-state index in [9.17, 15) is 4.79 Å². The highest BCUT2D eigenvalue weighted by Gasteiger charge is 2.45. The summed E-state index contributed by atoms with van der Waals surface area (Å²) in [6.07, 6.45) is 5.74. The van der Waals surface area contributed by atoms with Gasteiger partial charge in [0.25, 0.3) is 0 Å². The largest absolute Gasteiger partial charge is 0.347 e. The molecule has 2 saturated heterocycles. The highest BCUT2D eigenvalue weighted by atomic mass is 35.5. The number of nitrogens with one attached hydrogen (secondary N) is 1. The monoisotopic (exact) mass is 275 g/mol. The van der Waals surface area contributed by atoms with Crippen molar-refractivity contribution < 1.29 is 4.79 Å². The molecule has 0 bridgehead atoms. The highest BCUT2D eigenvalue weighted by Crippen LogP contribution is 2.30. The van der Waals surface area contributed by atoms with Gasteiger partial charge in [-0.05, 0) is 51.9 Å². The third-order valence-corrected chi connectivity index (χ3v) is 4.20. The van der Waals surface area contributed by atoms with Crippen molar-refractivity contribution in [2.45, 2.75) is 37.6 Å². The van der Waals surface area contributed by atoms with Gasteiger partial charge in [-0.2, -0.15) is 0 Å². The predicted octanol–water partition coefficient (Wildman–Crippen LogP) is 1.10. The second-order valence-corrected chi connectivity index (χ2v) is 5.53. The second kappa shape index (κ2) is 6.73. The molecule has 2 aliphatic heterocycles. The number of amides is 1. The zero-order valence-electron chi connectivity index (χ0n) is 11.6. The zero-order chi connectivity index (χ0) is 12.3. The molecule has 0 aromatic rings. The Bertz CT molecular complexity index is 271. The molecule has 0 saturated carbocycles. The van der Waals surface area contributed by atoms with Crippen LogP contribution in [0, 0.1) is 0 Å². The molecular formula is C13H26ClN3O. The number of nitrogens with zero attached hydrogens (tertiary/aromatic N) is 2. The molecule has 1 amide bonds. The van der Waals surface area contributed by atoms with E-state index in [2.05, 4.69) is 10.2 Å². The summed E-state index contributed by atoms with van der Waals surface area (Å²) < 4.78 is 0. The Morgan fingerprint density at radius 3 is 2.17 bits per heavy atom. The Hall–Kier alpha value is -0.320. The van der Waals surface area contributed by atoms with E-state index >= 15 is 0 Å². The number of hydrogen-bond acceptors (Lipinski definition) is 3. The van der Waals surface area contributed by atoms with Crippen molar-refractivity contribution in [1.82, 2.24) is 15.1 Å². The first-order chi connectivity index (χ1) is 8.17. The average molecular weight is 276 g/mol. The summed E-state index contributed by atoms with van der Waals surface area (Å²) >= 11 is 0. The van der Waals surface area contributed by atoms with Crippen molar-refractivity contribution in [3.8, 4) is 0 Å². The van der Waals surface area contributed by atoms with Crippen LogP contribution in [-0.4, -0.2) is 61.5 Å². The van der Waals surface area contributed by atoms with Gasteiger partial charge in [0.15, 0.2) is 0 Å². The summed E-state index contributed by atoms with van der Waals surface area (Å²) in [5, 5.41) is 3.37. The fraction of sp³-hybridized carbons (Fsp3) is 0.923. The minimum Gasteiger partial charge on any atom is -0.347 e. The van der Waals surface area contributed by atoms with Crippen LogP contribution < -0.4 is 5.32 Å². The molecule has 5 heteroatoms. The number of rotatable bonds is 2. The van der Waals surface area contributed by atoms with Gasteiger partial charge < -0.3 is 10.2 Å². The van der Waals surface area contributed by atoms with Crippen molar-refractivity contribution in [3.05, 3.63) is 0 Å². The summed E-state index contributed by atoms with van der Waals surface area (Å²) in [5.41, 5.74) is -0.213. The van der Waals surface area contributed by atoms with E-state index in [0.29, 0.717) is 5.91 Å². The quantitative estimate of drug-likeness (QED) is 0.820. The van der Waals surface area contributed by atoms with Crippen LogP contribution in [0.2, 0.25) is 0 Å². The molecule has 0 aliphatic carbocycles. The molecule has 0 spiro atoms. The third kappa shape index (κ3) is 2.98. The van der Waals surface area contributed by atoms with Crippen molar-refractivity contribution in [2.24, 2.45) is 0 Å². The van der Waals surface area contributed by atoms with Crippen molar-refractivity contribution in [1.29, 1.82) is 0 Å². The van der Waals surface area contributed by atoms with Gasteiger partial charge in [0, 0.05) is 14.1 Å². The molecule has 0 unspecified atom stereocenters. The first-order valence-electron chi connectivity index (χ1n) is 6.84. The molecule has 2 heterocycles. The lowest BCUT2D eigenvalue weighted by molar-refractivity contribution is -0.145. The van der Waals surface area contributed by atoms with E-state index in [1.165, 1.54) is 19.3 Å². The van der Waals surface area contributed by atoms with Gasteiger partial charge in [-0.1, -0.05) is 6.42 Å². The molecule has 2 rings (SSSR count). The number of likely N-dealkylation sites (N-methyl/N-ethyl adjacent to an activating group) is 1. The predicted molar refractivity (Wildman–Crippen MR) is 76.2 cm³/mol. The van der Waals surface area contributed by atoms with Crippen molar-refractivity contribution in [2.75, 3.05) is 40.3 Å². The SMILES string of the molecule is CN(C)C(=O)C1(N2CCCCC2)CCNCC1.Cl. The van der Waals surface area contributed by atoms with E-state index in [0.717, 1.165) is 39.0 Å². The normalized spacial score (nSPS) is 24.1. The molecule has 0 aromatic heterocycles. The van der Waals surface area contributed by atoms with Crippen molar-refractivity contribution in [3.63, 3.8) is 0 Å². The maximum atomic E-state index is 12.6. The number of piperidine rings is 2. The average Bonchev–Trinajstić information content (AvgIpc) is 2.39. The fourth-order valence-electron chi connectivity index (χ4n) is 3.24. The van der Waals surface area contributed by atoms with Gasteiger partial charge in [-0.25, -0.2) is 0 Å². The van der Waals surface area contributed by atoms with Crippen molar-refractivity contribution >= 4 is 18.3 Å². The fourth-order valence-corrected chi connectivity index (χ4v) is 3.24. The molecule has 1 N–H and O–H groups in total. The second-order valence-electron chi connectivity index (χ2n) is 5.53. The first-order valence-corrected chi connectivity index (χ1v) is 6.84. The molecular weight excluding hydrogens is 250 g/mol. The van der Waals surface area contributed by atoms with Gasteiger partial charge in [0.1, 0.15) is 5.54 Å². The van der Waals surface area contributed by atoms with Gasteiger partial charge in [-0.3, -0.25) is 9.69 Å². The first kappa shape index (κ1) is 15.7. The summed E-state index contributed by atoms with van der Waals surface area (Å²) in [6.45, 7) is 4.13. The van der Waals surface area contributed by atoms with Crippen LogP contribution in [0.4, 0.5) is 0 Å². The number of hydrogen-bond donors (Lipinski definition) is 1. The zero-order valence-corrected chi connectivity index (χ0v) is 12.4. The van der Waals surface area contributed by atoms with E-state index in [4.69, 9.17) is 0 Å². The maximum absolute atomic E-state index is 12.6. The third-order valence-electron chi connectivity index (χ3n) is 4.20. The molecule has 18 heavy (non-hydrogen) atoms. The minimum absolute atomic E-state index is 0. The Balaban J connectivity index is 0.00000162. The summed E-state index contributed by atoms with van der Waals surface area (Å²) in [4.78, 5) is 16.8. The maximum Gasteiger partial charge on any atom is 0.242 e. The number of carbonyl (C=O) groups excluding carboxylic acids is 1. The van der Waals surface area contributed by atoms with Gasteiger partial charge in [0.2, 0.25) is 5.91 Å². The van der Waals surface area contributed by atoms with Crippen LogP contribution in [0.1, 0.15) is 32.1 Å². The lowest BCUT2D eigenvalue weighted by atomic mass is 9.83. The standard InChI is InChI=1S/C13H25N3O.ClH/c1-15(2)12(17)13(6-8-14-9-7-13)16-10-4-3-5-11-16;/h14H,3-11H2,1-2H3;1H. The van der Waals surface area contributed by atoms with Crippen LogP contribution in [0.5, 0.6) is 0 Å². The molecule has 4 nitrogen and oxygen atoms in total. The Morgan fingerprint density at radius 2 is 1.67 bits per heavy atom. The topological polar surface area (TPSA) is 35.6 Å². The molecule has 0 aromatic carbocycles. The number of carbonyl (C=O) groups is 1. The summed E-state index contributed by atoms with van der Waals surface area (Å²) in [5.74, 6) is 0.306. The van der Waals surface area contributed by atoms with Crippen LogP contribution >= 0.6 is 12.4 Å². The van der Waals surface area contributed by atoms with Gasteiger partial charge >= 0.3 is 0 Å². The lowest BCUT2D eigenvalue weighted by Gasteiger charge is -2.47.